The minimum Gasteiger partial charge on any atom is -0.497 e. The van der Waals surface area contributed by atoms with Crippen molar-refractivity contribution in [2.75, 3.05) is 38.6 Å². The third kappa shape index (κ3) is 6.10. The molecule has 3 aliphatic rings. The first-order chi connectivity index (χ1) is 20.8. The minimum absolute atomic E-state index is 0.00189. The van der Waals surface area contributed by atoms with Crippen molar-refractivity contribution >= 4 is 24.0 Å². The largest absolute Gasteiger partial charge is 0.497 e. The number of hydrogen-bond donors (Lipinski definition) is 3. The molecule has 14 heteroatoms. The maximum atomic E-state index is 13.6. The van der Waals surface area contributed by atoms with Gasteiger partial charge in [0.1, 0.15) is 11.6 Å². The molecule has 1 saturated heterocycles. The fourth-order valence-electron chi connectivity index (χ4n) is 6.28. The van der Waals surface area contributed by atoms with Crippen molar-refractivity contribution in [1.29, 1.82) is 0 Å². The second kappa shape index (κ2) is 11.9. The Morgan fingerprint density at radius 3 is 2.61 bits per heavy atom. The molecule has 0 spiro atoms. The molecule has 0 bridgehead atoms. The van der Waals surface area contributed by atoms with Gasteiger partial charge in [0.15, 0.2) is 5.69 Å². The summed E-state index contributed by atoms with van der Waals surface area (Å²) in [7, 11) is 1.61. The molecular formula is C30H37F3N8O3. The van der Waals surface area contributed by atoms with Crippen molar-refractivity contribution in [2.24, 2.45) is 10.7 Å². The molecule has 3 amide bonds. The number of piperidine rings is 1. The predicted octanol–water partition coefficient (Wildman–Crippen LogP) is 4.00. The molecule has 0 unspecified atom stereocenters. The molecular weight excluding hydrogens is 577 g/mol. The molecule has 0 atom stereocenters. The Bertz CT molecular complexity index is 1490. The van der Waals surface area contributed by atoms with Crippen LogP contribution < -0.4 is 15.8 Å². The number of carbonyl (C=O) groups excluding carboxylic acids is 2. The van der Waals surface area contributed by atoms with E-state index in [1.54, 1.807) is 21.0 Å². The van der Waals surface area contributed by atoms with E-state index in [4.69, 9.17) is 10.5 Å². The van der Waals surface area contributed by atoms with E-state index in [0.29, 0.717) is 50.4 Å². The Balaban J connectivity index is 1.25. The topological polar surface area (TPSA) is 132 Å². The number of benzene rings is 1. The highest BCUT2D eigenvalue weighted by Gasteiger charge is 2.44. The summed E-state index contributed by atoms with van der Waals surface area (Å²) in [5, 5.41) is 9.05. The number of aliphatic imine (C=N–C) groups is 1. The van der Waals surface area contributed by atoms with Gasteiger partial charge < -0.3 is 30.5 Å². The lowest BCUT2D eigenvalue weighted by Gasteiger charge is -2.39. The van der Waals surface area contributed by atoms with E-state index in [1.807, 2.05) is 28.0 Å². The number of H-pyrrole nitrogens is 1. The van der Waals surface area contributed by atoms with Crippen molar-refractivity contribution in [3.8, 4) is 5.75 Å². The van der Waals surface area contributed by atoms with E-state index >= 15 is 0 Å². The van der Waals surface area contributed by atoms with E-state index < -0.39 is 23.2 Å². The molecule has 1 aromatic carbocycles. The number of aromatic amines is 1. The van der Waals surface area contributed by atoms with Crippen LogP contribution in [0.2, 0.25) is 0 Å². The van der Waals surface area contributed by atoms with Crippen molar-refractivity contribution < 1.29 is 27.5 Å². The lowest BCUT2D eigenvalue weighted by molar-refractivity contribution is -0.143. The van der Waals surface area contributed by atoms with Gasteiger partial charge in [0, 0.05) is 60.2 Å². The molecule has 11 nitrogen and oxygen atoms in total. The molecule has 1 fully saturated rings. The molecule has 0 saturated carbocycles. The lowest BCUT2D eigenvalue weighted by atomic mass is 9.82. The van der Waals surface area contributed by atoms with Crippen LogP contribution in [0.4, 0.5) is 23.7 Å². The quantitative estimate of drug-likeness (QED) is 0.195. The van der Waals surface area contributed by atoms with E-state index in [2.05, 4.69) is 27.1 Å². The smallest absolute Gasteiger partial charge is 0.435 e. The number of halogens is 3. The number of carbonyl (C=O) groups is 2. The Labute approximate surface area is 253 Å². The molecule has 1 aromatic heterocycles. The maximum Gasteiger partial charge on any atom is 0.435 e. The fourth-order valence-corrected chi connectivity index (χ4v) is 6.28. The normalized spacial score (nSPS) is 19.4. The first kappa shape index (κ1) is 31.0. The number of rotatable bonds is 6. The van der Waals surface area contributed by atoms with Crippen LogP contribution in [0.3, 0.4) is 0 Å². The van der Waals surface area contributed by atoms with Crippen LogP contribution in [0.15, 0.2) is 47.2 Å². The standard InChI is InChI=1S/C30H37F3N8O3/c1-18(27(42)40-15-22-25(29(2,3)16-40)37-38-26(22)30(31,32)33)13-24(35-17-34)39-10-8-20(9-11-39)41-12-7-19-14-21(44-4)5-6-23(19)36-28(41)43/h5-6,13-14,17,20H,1,7-12,15-16H2,2-4H3,(H2,34,35)(H,36,43)(H,37,38)/b24-13+. The average Bonchev–Trinajstić information content (AvgIpc) is 3.36. The number of methoxy groups -OCH3 is 1. The van der Waals surface area contributed by atoms with Crippen molar-refractivity contribution in [2.45, 2.75) is 57.3 Å². The van der Waals surface area contributed by atoms with Crippen molar-refractivity contribution in [3.05, 3.63) is 64.8 Å². The monoisotopic (exact) mass is 614 g/mol. The maximum absolute atomic E-state index is 13.6. The van der Waals surface area contributed by atoms with E-state index in [9.17, 15) is 22.8 Å². The highest BCUT2D eigenvalue weighted by Crippen LogP contribution is 2.40. The molecule has 4 heterocycles. The SMILES string of the molecule is C=C(/C=C(\N=C/N)N1CCC(N2CCc3cc(OC)ccc3NC2=O)CC1)C(=O)N1Cc2c(C(F)(F)F)n[nH]c2C(C)(C)C1. The van der Waals surface area contributed by atoms with Gasteiger partial charge in [-0.15, -0.1) is 0 Å². The van der Waals surface area contributed by atoms with Crippen molar-refractivity contribution in [3.63, 3.8) is 0 Å². The summed E-state index contributed by atoms with van der Waals surface area (Å²) in [5.41, 5.74) is 6.03. The van der Waals surface area contributed by atoms with Crippen LogP contribution in [0.1, 0.15) is 49.2 Å². The van der Waals surface area contributed by atoms with Gasteiger partial charge in [-0.05, 0) is 49.1 Å². The average molecular weight is 615 g/mol. The number of urea groups is 1. The number of likely N-dealkylation sites (tertiary alicyclic amines) is 1. The number of hydrogen-bond acceptors (Lipinski definition) is 6. The number of aromatic nitrogens is 2. The lowest BCUT2D eigenvalue weighted by Crippen LogP contribution is -2.48. The Morgan fingerprint density at radius 2 is 1.95 bits per heavy atom. The summed E-state index contributed by atoms with van der Waals surface area (Å²) in [4.78, 5) is 36.0. The van der Waals surface area contributed by atoms with Crippen LogP contribution in [-0.4, -0.2) is 82.5 Å². The first-order valence-electron chi connectivity index (χ1n) is 14.4. The number of alkyl halides is 3. The summed E-state index contributed by atoms with van der Waals surface area (Å²) < 4.78 is 46.2. The third-order valence-electron chi connectivity index (χ3n) is 8.49. The third-order valence-corrected chi connectivity index (χ3v) is 8.49. The second-order valence-electron chi connectivity index (χ2n) is 11.9. The molecule has 4 N–H and O–H groups in total. The van der Waals surface area contributed by atoms with Gasteiger partial charge in [0.25, 0.3) is 5.91 Å². The van der Waals surface area contributed by atoms with Crippen molar-refractivity contribution in [1.82, 2.24) is 24.9 Å². The minimum atomic E-state index is -4.65. The molecule has 236 valence electrons. The van der Waals surface area contributed by atoms with Crippen LogP contribution in [0.25, 0.3) is 0 Å². The zero-order valence-electron chi connectivity index (χ0n) is 25.0. The number of fused-ring (bicyclic) bond motifs is 2. The zero-order valence-corrected chi connectivity index (χ0v) is 25.0. The van der Waals surface area contributed by atoms with Crippen LogP contribution in [0, 0.1) is 0 Å². The van der Waals surface area contributed by atoms with Crippen LogP contribution >= 0.6 is 0 Å². The number of amides is 3. The van der Waals surface area contributed by atoms with E-state index in [1.165, 1.54) is 11.0 Å². The highest BCUT2D eigenvalue weighted by molar-refractivity contribution is 5.96. The van der Waals surface area contributed by atoms with Gasteiger partial charge >= 0.3 is 12.2 Å². The van der Waals surface area contributed by atoms with Gasteiger partial charge in [-0.2, -0.15) is 18.3 Å². The summed E-state index contributed by atoms with van der Waals surface area (Å²) in [6.07, 6.45) is -0.000567. The Hall–Kier alpha value is -4.49. The summed E-state index contributed by atoms with van der Waals surface area (Å²) >= 11 is 0. The molecule has 0 aliphatic carbocycles. The van der Waals surface area contributed by atoms with E-state index in [0.717, 1.165) is 23.3 Å². The zero-order chi connectivity index (χ0) is 31.8. The molecule has 5 rings (SSSR count). The molecule has 0 radical (unpaired) electrons. The summed E-state index contributed by atoms with van der Waals surface area (Å²) in [5.74, 6) is 0.649. The second-order valence-corrected chi connectivity index (χ2v) is 11.9. The number of ether oxygens (including phenoxy) is 1. The highest BCUT2D eigenvalue weighted by atomic mass is 19.4. The number of anilines is 1. The van der Waals surface area contributed by atoms with Gasteiger partial charge in [-0.1, -0.05) is 20.4 Å². The van der Waals surface area contributed by atoms with Gasteiger partial charge in [-0.25, -0.2) is 9.79 Å². The van der Waals surface area contributed by atoms with E-state index in [-0.39, 0.29) is 36.3 Å². The van der Waals surface area contributed by atoms with Crippen LogP contribution in [-0.2, 0) is 29.4 Å². The number of nitrogens with one attached hydrogen (secondary N) is 2. The summed E-state index contributed by atoms with van der Waals surface area (Å²) in [6.45, 7) is 9.04. The molecule has 2 aromatic rings. The number of nitrogens with zero attached hydrogens (tertiary/aromatic N) is 5. The fraction of sp³-hybridized carbons (Fsp3) is 0.467. The van der Waals surface area contributed by atoms with Gasteiger partial charge in [-0.3, -0.25) is 9.89 Å². The first-order valence-corrected chi connectivity index (χ1v) is 14.4. The number of nitrogens with two attached hydrogens (primary N) is 1. The van der Waals surface area contributed by atoms with Gasteiger partial charge in [0.05, 0.1) is 20.0 Å². The van der Waals surface area contributed by atoms with Gasteiger partial charge in [0.2, 0.25) is 0 Å². The molecule has 44 heavy (non-hydrogen) atoms. The Kier molecular flexibility index (Phi) is 8.36. The predicted molar refractivity (Wildman–Crippen MR) is 159 cm³/mol. The Morgan fingerprint density at radius 1 is 1.23 bits per heavy atom. The van der Waals surface area contributed by atoms with Crippen LogP contribution in [0.5, 0.6) is 5.75 Å². The summed E-state index contributed by atoms with van der Waals surface area (Å²) in [6, 6.07) is 5.45. The molecule has 3 aliphatic heterocycles.